The summed E-state index contributed by atoms with van der Waals surface area (Å²) < 4.78 is 20.5. The molecular weight excluding hydrogens is 207 g/mol. The number of unbranched alkanes of at least 4 members (excludes halogenated alkanes) is 2. The minimum Gasteiger partial charge on any atom is -0.412 e. The molecule has 0 aromatic carbocycles. The summed E-state index contributed by atoms with van der Waals surface area (Å²) in [5.74, 6) is 0. The summed E-state index contributed by atoms with van der Waals surface area (Å²) in [5, 5.41) is 0. The molecule has 0 saturated carbocycles. The van der Waals surface area contributed by atoms with Gasteiger partial charge in [0.2, 0.25) is 0 Å². The van der Waals surface area contributed by atoms with Crippen molar-refractivity contribution in [2.24, 2.45) is 0 Å². The van der Waals surface area contributed by atoms with Crippen molar-refractivity contribution in [3.8, 4) is 0 Å². The van der Waals surface area contributed by atoms with E-state index in [0.29, 0.717) is 0 Å². The molecule has 0 aliphatic heterocycles. The van der Waals surface area contributed by atoms with Crippen LogP contribution in [0, 0.1) is 0 Å². The summed E-state index contributed by atoms with van der Waals surface area (Å²) in [4.78, 5) is 9.08. The van der Waals surface area contributed by atoms with Crippen molar-refractivity contribution in [1.82, 2.24) is 0 Å². The van der Waals surface area contributed by atoms with Crippen LogP contribution in [0.3, 0.4) is 0 Å². The molecular formula is C8H21O5P. The molecule has 0 atom stereocenters. The van der Waals surface area contributed by atoms with Crippen LogP contribution in [0.4, 0.5) is 0 Å². The molecule has 0 spiro atoms. The summed E-state index contributed by atoms with van der Waals surface area (Å²) in [7, 11) is -3.75. The largest absolute Gasteiger partial charge is 0.472 e. The molecule has 0 aliphatic carbocycles. The van der Waals surface area contributed by atoms with Crippen LogP contribution >= 0.6 is 7.82 Å². The maximum Gasteiger partial charge on any atom is 0.472 e. The second kappa shape index (κ2) is 9.62. The van der Waals surface area contributed by atoms with E-state index in [9.17, 15) is 4.57 Å². The van der Waals surface area contributed by atoms with Gasteiger partial charge < -0.3 is 10.4 Å². The molecule has 0 aromatic rings. The van der Waals surface area contributed by atoms with Crippen LogP contribution in [-0.2, 0) is 13.6 Å². The number of hydrogen-bond donors (Lipinski definition) is 1. The maximum atomic E-state index is 11.1. The number of phosphoric acid groups is 1. The van der Waals surface area contributed by atoms with Crippen LogP contribution in [0.25, 0.3) is 0 Å². The molecule has 3 N–H and O–H groups in total. The van der Waals surface area contributed by atoms with Gasteiger partial charge in [0.25, 0.3) is 0 Å². The first-order valence-electron chi connectivity index (χ1n) is 4.74. The molecule has 0 aliphatic rings. The molecule has 14 heavy (non-hydrogen) atoms. The van der Waals surface area contributed by atoms with Gasteiger partial charge in [0.1, 0.15) is 0 Å². The molecule has 0 amide bonds. The molecule has 0 heterocycles. The highest BCUT2D eigenvalue weighted by atomic mass is 31.2. The smallest absolute Gasteiger partial charge is 0.412 e. The van der Waals surface area contributed by atoms with Crippen LogP contribution in [0.5, 0.6) is 0 Å². The molecule has 0 bridgehead atoms. The van der Waals surface area contributed by atoms with Gasteiger partial charge in [-0.3, -0.25) is 9.05 Å². The molecule has 6 heteroatoms. The second-order valence-corrected chi connectivity index (χ2v) is 4.30. The Kier molecular flexibility index (Phi) is 11.3. The Bertz CT molecular complexity index is 148. The van der Waals surface area contributed by atoms with E-state index in [2.05, 4.69) is 0 Å². The van der Waals surface area contributed by atoms with Gasteiger partial charge in [-0.25, -0.2) is 4.57 Å². The first-order valence-corrected chi connectivity index (χ1v) is 6.23. The van der Waals surface area contributed by atoms with E-state index in [1.54, 1.807) is 0 Å². The van der Waals surface area contributed by atoms with Crippen LogP contribution in [0.15, 0.2) is 0 Å². The van der Waals surface area contributed by atoms with E-state index >= 15 is 0 Å². The Morgan fingerprint density at radius 3 is 1.71 bits per heavy atom. The lowest BCUT2D eigenvalue weighted by Crippen LogP contribution is -1.98. The lowest BCUT2D eigenvalue weighted by atomic mass is 10.4. The van der Waals surface area contributed by atoms with E-state index in [1.165, 1.54) is 0 Å². The van der Waals surface area contributed by atoms with Crippen LogP contribution in [-0.4, -0.2) is 23.6 Å². The summed E-state index contributed by atoms with van der Waals surface area (Å²) in [6.07, 6.45) is 3.44. The fourth-order valence-corrected chi connectivity index (χ4v) is 1.48. The standard InChI is InChI=1S/C8H19O4P.H2O/c1-3-5-7-11-13(9,10)12-8-6-4-2;/h3-8H2,1-2H3,(H,9,10);1H2. The SMILES string of the molecule is CCCCOP(=O)(O)OCCCC.O. The molecule has 5 nitrogen and oxygen atoms in total. The molecule has 0 saturated heterocycles. The average Bonchev–Trinajstić information content (AvgIpc) is 2.05. The molecule has 0 radical (unpaired) electrons. The summed E-state index contributed by atoms with van der Waals surface area (Å²) in [6.45, 7) is 4.56. The normalized spacial score (nSPS) is 11.1. The zero-order chi connectivity index (χ0) is 10.2. The summed E-state index contributed by atoms with van der Waals surface area (Å²) in [5.41, 5.74) is 0. The predicted octanol–water partition coefficient (Wildman–Crippen LogP) is 1.90. The van der Waals surface area contributed by atoms with Crippen LogP contribution in [0.1, 0.15) is 39.5 Å². The average molecular weight is 228 g/mol. The second-order valence-electron chi connectivity index (χ2n) is 2.84. The van der Waals surface area contributed by atoms with Crippen molar-refractivity contribution in [2.75, 3.05) is 13.2 Å². The topological polar surface area (TPSA) is 87.3 Å². The van der Waals surface area contributed by atoms with E-state index in [0.717, 1.165) is 25.7 Å². The Morgan fingerprint density at radius 1 is 1.07 bits per heavy atom. The Hall–Kier alpha value is 0.0700. The third-order valence-corrected chi connectivity index (χ3v) is 2.52. The third kappa shape index (κ3) is 10.2. The number of rotatable bonds is 8. The van der Waals surface area contributed by atoms with Gasteiger partial charge in [0.05, 0.1) is 13.2 Å². The monoisotopic (exact) mass is 228 g/mol. The zero-order valence-corrected chi connectivity index (χ0v) is 9.76. The van der Waals surface area contributed by atoms with Crippen LogP contribution < -0.4 is 0 Å². The summed E-state index contributed by atoms with van der Waals surface area (Å²) in [6, 6.07) is 0. The Labute approximate surface area is 85.3 Å². The van der Waals surface area contributed by atoms with Crippen molar-refractivity contribution in [3.05, 3.63) is 0 Å². The lowest BCUT2D eigenvalue weighted by molar-refractivity contribution is 0.146. The zero-order valence-electron chi connectivity index (χ0n) is 8.86. The Balaban J connectivity index is 0. The van der Waals surface area contributed by atoms with Crippen LogP contribution in [0.2, 0.25) is 0 Å². The van der Waals surface area contributed by atoms with E-state index in [-0.39, 0.29) is 18.7 Å². The van der Waals surface area contributed by atoms with Gasteiger partial charge in [-0.15, -0.1) is 0 Å². The van der Waals surface area contributed by atoms with Gasteiger partial charge in [-0.05, 0) is 12.8 Å². The molecule has 0 fully saturated rings. The fraction of sp³-hybridized carbons (Fsp3) is 1.00. The first kappa shape index (κ1) is 16.5. The molecule has 88 valence electrons. The molecule has 0 rings (SSSR count). The first-order chi connectivity index (χ1) is 6.12. The van der Waals surface area contributed by atoms with Gasteiger partial charge in [0, 0.05) is 0 Å². The van der Waals surface area contributed by atoms with E-state index < -0.39 is 7.82 Å². The van der Waals surface area contributed by atoms with Gasteiger partial charge in [-0.1, -0.05) is 26.7 Å². The predicted molar refractivity (Wildman–Crippen MR) is 55.2 cm³/mol. The highest BCUT2D eigenvalue weighted by Gasteiger charge is 2.19. The Morgan fingerprint density at radius 2 is 1.43 bits per heavy atom. The van der Waals surface area contributed by atoms with Crippen molar-refractivity contribution in [2.45, 2.75) is 39.5 Å². The van der Waals surface area contributed by atoms with Crippen molar-refractivity contribution < 1.29 is 24.0 Å². The quantitative estimate of drug-likeness (QED) is 0.507. The summed E-state index contributed by atoms with van der Waals surface area (Å²) >= 11 is 0. The van der Waals surface area contributed by atoms with Gasteiger partial charge >= 0.3 is 7.82 Å². The van der Waals surface area contributed by atoms with Crippen molar-refractivity contribution in [3.63, 3.8) is 0 Å². The third-order valence-electron chi connectivity index (χ3n) is 1.50. The highest BCUT2D eigenvalue weighted by Crippen LogP contribution is 2.43. The van der Waals surface area contributed by atoms with E-state index in [1.807, 2.05) is 13.8 Å². The highest BCUT2D eigenvalue weighted by molar-refractivity contribution is 7.47. The minimum absolute atomic E-state index is 0. The van der Waals surface area contributed by atoms with Crippen molar-refractivity contribution >= 4 is 7.82 Å². The fourth-order valence-electron chi connectivity index (χ4n) is 0.686. The lowest BCUT2D eigenvalue weighted by Gasteiger charge is -2.10. The molecule has 0 aromatic heterocycles. The van der Waals surface area contributed by atoms with Gasteiger partial charge in [-0.2, -0.15) is 0 Å². The van der Waals surface area contributed by atoms with Crippen molar-refractivity contribution in [1.29, 1.82) is 0 Å². The van der Waals surface area contributed by atoms with Gasteiger partial charge in [0.15, 0.2) is 0 Å². The van der Waals surface area contributed by atoms with E-state index in [4.69, 9.17) is 13.9 Å². The number of phosphoric ester groups is 1. The maximum absolute atomic E-state index is 11.1. The number of hydrogen-bond acceptors (Lipinski definition) is 3. The molecule has 0 unspecified atom stereocenters. The minimum atomic E-state index is -3.75.